The van der Waals surface area contributed by atoms with Crippen molar-refractivity contribution >= 4 is 43.6 Å². The van der Waals surface area contributed by atoms with Crippen LogP contribution in [0.15, 0.2) is 109 Å². The zero-order chi connectivity index (χ0) is 33.5. The first-order valence-corrected chi connectivity index (χ1v) is 15.8. The highest BCUT2D eigenvalue weighted by Crippen LogP contribution is 2.44. The van der Waals surface area contributed by atoms with Crippen molar-refractivity contribution in [3.63, 3.8) is 0 Å². The molecule has 0 bridgehead atoms. The van der Waals surface area contributed by atoms with Crippen LogP contribution < -0.4 is 0 Å². The van der Waals surface area contributed by atoms with Gasteiger partial charge in [-0.05, 0) is 100.0 Å². The van der Waals surface area contributed by atoms with E-state index in [1.807, 2.05) is 0 Å². The highest BCUT2D eigenvalue weighted by atomic mass is 19.4. The molecular formula is C42H30F3N3. The number of alkyl halides is 3. The molecule has 0 saturated carbocycles. The predicted molar refractivity (Wildman–Crippen MR) is 189 cm³/mol. The molecule has 0 aliphatic rings. The van der Waals surface area contributed by atoms with E-state index in [9.17, 15) is 18.4 Å². The van der Waals surface area contributed by atoms with Crippen LogP contribution in [0.3, 0.4) is 0 Å². The average molecular weight is 634 g/mol. The molecule has 0 aliphatic heterocycles. The van der Waals surface area contributed by atoms with Crippen LogP contribution in [0.4, 0.5) is 13.2 Å². The summed E-state index contributed by atoms with van der Waals surface area (Å²) in [6, 6.07) is 36.5. The van der Waals surface area contributed by atoms with Crippen LogP contribution in [0.2, 0.25) is 0 Å². The lowest BCUT2D eigenvalue weighted by Crippen LogP contribution is -2.09. The fourth-order valence-corrected chi connectivity index (χ4v) is 7.24. The predicted octanol–water partition coefficient (Wildman–Crippen LogP) is 11.7. The van der Waals surface area contributed by atoms with Crippen LogP contribution in [-0.2, 0) is 6.18 Å². The molecule has 0 atom stereocenters. The number of hydrogen-bond donors (Lipinski definition) is 0. The Morgan fingerprint density at radius 1 is 0.500 bits per heavy atom. The largest absolute Gasteiger partial charge is 0.417 e. The Morgan fingerprint density at radius 3 is 1.29 bits per heavy atom. The number of aryl methyl sites for hydroxylation is 4. The molecule has 8 aromatic rings. The summed E-state index contributed by atoms with van der Waals surface area (Å²) in [6.07, 6.45) is -4.60. The first kappa shape index (κ1) is 29.6. The van der Waals surface area contributed by atoms with Gasteiger partial charge in [0.25, 0.3) is 0 Å². The Balaban J connectivity index is 1.59. The minimum Gasteiger partial charge on any atom is -0.307 e. The quantitative estimate of drug-likeness (QED) is 0.191. The fraction of sp³-hybridized carbons (Fsp3) is 0.119. The van der Waals surface area contributed by atoms with Gasteiger partial charge in [-0.15, -0.1) is 0 Å². The summed E-state index contributed by atoms with van der Waals surface area (Å²) < 4.78 is 47.7. The minimum atomic E-state index is -4.60. The number of aromatic nitrogens is 2. The van der Waals surface area contributed by atoms with Crippen LogP contribution in [0.1, 0.15) is 33.4 Å². The molecule has 234 valence electrons. The van der Waals surface area contributed by atoms with E-state index in [0.717, 1.165) is 71.9 Å². The topological polar surface area (TPSA) is 33.6 Å². The lowest BCUT2D eigenvalue weighted by molar-refractivity contribution is -0.137. The van der Waals surface area contributed by atoms with Crippen molar-refractivity contribution < 1.29 is 13.2 Å². The summed E-state index contributed by atoms with van der Waals surface area (Å²) in [4.78, 5) is 0. The molecule has 8 rings (SSSR count). The number of hydrogen-bond acceptors (Lipinski definition) is 1. The summed E-state index contributed by atoms with van der Waals surface area (Å²) in [5, 5.41) is 14.8. The van der Waals surface area contributed by atoms with Crippen LogP contribution in [-0.4, -0.2) is 9.13 Å². The van der Waals surface area contributed by atoms with Crippen molar-refractivity contribution in [3.8, 4) is 28.6 Å². The molecule has 0 aliphatic carbocycles. The molecule has 48 heavy (non-hydrogen) atoms. The van der Waals surface area contributed by atoms with Gasteiger partial charge in [-0.1, -0.05) is 64.7 Å². The van der Waals surface area contributed by atoms with E-state index < -0.39 is 11.7 Å². The summed E-state index contributed by atoms with van der Waals surface area (Å²) in [7, 11) is 0. The maximum Gasteiger partial charge on any atom is 0.417 e. The van der Waals surface area contributed by atoms with Gasteiger partial charge in [0, 0.05) is 27.1 Å². The Hall–Kier alpha value is -5.80. The van der Waals surface area contributed by atoms with Gasteiger partial charge >= 0.3 is 6.18 Å². The van der Waals surface area contributed by atoms with Crippen LogP contribution >= 0.6 is 0 Å². The Bertz CT molecular complexity index is 2540. The van der Waals surface area contributed by atoms with Crippen molar-refractivity contribution in [2.75, 3.05) is 0 Å². The second kappa shape index (κ2) is 10.6. The van der Waals surface area contributed by atoms with Gasteiger partial charge < -0.3 is 9.13 Å². The smallest absolute Gasteiger partial charge is 0.307 e. The van der Waals surface area contributed by atoms with E-state index in [0.29, 0.717) is 11.4 Å². The Morgan fingerprint density at radius 2 is 0.896 bits per heavy atom. The van der Waals surface area contributed by atoms with Gasteiger partial charge in [-0.2, -0.15) is 18.4 Å². The standard InChI is InChI=1S/C42H30F3N3/c1-24-9-13-36-31(17-24)32-18-25(2)10-14-37(32)47(36)40-21-28(23-46)30(29-7-5-6-8-35(29)42(43,44)45)22-41(40)48-38-15-11-26(3)19-33(38)34-20-27(4)12-16-39(34)48/h5-22H,1-4H3. The molecule has 0 saturated heterocycles. The van der Waals surface area contributed by atoms with Crippen molar-refractivity contribution in [2.45, 2.75) is 33.9 Å². The molecule has 3 nitrogen and oxygen atoms in total. The molecule has 6 aromatic carbocycles. The first-order chi connectivity index (χ1) is 23.0. The van der Waals surface area contributed by atoms with Crippen LogP contribution in [0.5, 0.6) is 0 Å². The van der Waals surface area contributed by atoms with Crippen molar-refractivity contribution in [1.82, 2.24) is 9.13 Å². The van der Waals surface area contributed by atoms with E-state index in [1.165, 1.54) is 12.1 Å². The second-order valence-electron chi connectivity index (χ2n) is 12.8. The third-order valence-corrected chi connectivity index (χ3v) is 9.39. The average Bonchev–Trinajstić information content (AvgIpc) is 3.54. The zero-order valence-electron chi connectivity index (χ0n) is 26.9. The summed E-state index contributed by atoms with van der Waals surface area (Å²) >= 11 is 0. The van der Waals surface area contributed by atoms with Crippen molar-refractivity contribution in [3.05, 3.63) is 143 Å². The molecule has 0 spiro atoms. The van der Waals surface area contributed by atoms with Gasteiger partial charge in [-0.3, -0.25) is 0 Å². The lowest BCUT2D eigenvalue weighted by atomic mass is 9.94. The van der Waals surface area contributed by atoms with E-state index >= 15 is 0 Å². The number of nitriles is 1. The molecule has 0 radical (unpaired) electrons. The van der Waals surface area contributed by atoms with Gasteiger partial charge in [0.15, 0.2) is 0 Å². The van der Waals surface area contributed by atoms with Crippen LogP contribution in [0, 0.1) is 39.0 Å². The number of fused-ring (bicyclic) bond motifs is 6. The summed E-state index contributed by atoms with van der Waals surface area (Å²) in [5.74, 6) is 0. The molecular weight excluding hydrogens is 603 g/mol. The third kappa shape index (κ3) is 4.50. The summed E-state index contributed by atoms with van der Waals surface area (Å²) in [5.41, 5.74) is 9.15. The summed E-state index contributed by atoms with van der Waals surface area (Å²) in [6.45, 7) is 8.23. The maximum atomic E-state index is 14.5. The Kier molecular flexibility index (Phi) is 6.54. The Labute approximate surface area is 275 Å². The molecule has 0 fully saturated rings. The SMILES string of the molecule is Cc1ccc2c(c1)c1cc(C)ccc1n2-c1cc(C#N)c(-c2ccccc2C(F)(F)F)cc1-n1c2ccc(C)cc2c2cc(C)ccc21. The fourth-order valence-electron chi connectivity index (χ4n) is 7.24. The first-order valence-electron chi connectivity index (χ1n) is 15.8. The number of benzene rings is 6. The highest BCUT2D eigenvalue weighted by molar-refractivity contribution is 6.12. The van der Waals surface area contributed by atoms with E-state index in [2.05, 4.69) is 116 Å². The van der Waals surface area contributed by atoms with Gasteiger partial charge in [0.05, 0.1) is 50.6 Å². The van der Waals surface area contributed by atoms with Crippen molar-refractivity contribution in [1.29, 1.82) is 5.26 Å². The monoisotopic (exact) mass is 633 g/mol. The minimum absolute atomic E-state index is 0.0322. The second-order valence-corrected chi connectivity index (χ2v) is 12.8. The maximum absolute atomic E-state index is 14.5. The number of halogens is 3. The highest BCUT2D eigenvalue weighted by Gasteiger charge is 2.34. The molecule has 6 heteroatoms. The van der Waals surface area contributed by atoms with Crippen LogP contribution in [0.25, 0.3) is 66.1 Å². The molecule has 2 aromatic heterocycles. The van der Waals surface area contributed by atoms with E-state index in [-0.39, 0.29) is 16.7 Å². The molecule has 2 heterocycles. The zero-order valence-corrected chi connectivity index (χ0v) is 26.9. The third-order valence-electron chi connectivity index (χ3n) is 9.39. The van der Waals surface area contributed by atoms with E-state index in [4.69, 9.17) is 0 Å². The lowest BCUT2D eigenvalue weighted by Gasteiger charge is -2.21. The number of rotatable bonds is 3. The molecule has 0 unspecified atom stereocenters. The normalized spacial score (nSPS) is 12.0. The van der Waals surface area contributed by atoms with Gasteiger partial charge in [0.2, 0.25) is 0 Å². The molecule has 0 N–H and O–H groups in total. The van der Waals surface area contributed by atoms with Gasteiger partial charge in [-0.25, -0.2) is 0 Å². The number of nitrogens with zero attached hydrogens (tertiary/aromatic N) is 3. The molecule has 0 amide bonds. The van der Waals surface area contributed by atoms with Gasteiger partial charge in [0.1, 0.15) is 0 Å². The van der Waals surface area contributed by atoms with E-state index in [1.54, 1.807) is 18.2 Å². The van der Waals surface area contributed by atoms with Crippen molar-refractivity contribution in [2.24, 2.45) is 0 Å².